The standard InChI is InChI=1S/C15H32F2OSi/c1-7-13(8-2)15(16,17)14(9-3,10-4)11-18-19-12(5)6/h12-13H,7-11,19H2,1-6H3. The van der Waals surface area contributed by atoms with Crippen molar-refractivity contribution in [1.82, 2.24) is 0 Å². The third-order valence-electron chi connectivity index (χ3n) is 4.39. The van der Waals surface area contributed by atoms with Crippen molar-refractivity contribution < 1.29 is 13.2 Å². The van der Waals surface area contributed by atoms with Crippen LogP contribution in [0.5, 0.6) is 0 Å². The van der Waals surface area contributed by atoms with Gasteiger partial charge < -0.3 is 4.43 Å². The Hall–Kier alpha value is 0.0369. The normalized spacial score (nSPS) is 14.2. The van der Waals surface area contributed by atoms with E-state index in [2.05, 4.69) is 13.8 Å². The van der Waals surface area contributed by atoms with Gasteiger partial charge in [-0.15, -0.1) is 0 Å². The molecule has 0 atom stereocenters. The van der Waals surface area contributed by atoms with Gasteiger partial charge in [0.25, 0.3) is 5.92 Å². The maximum atomic E-state index is 14.9. The molecule has 0 amide bonds. The predicted molar refractivity (Wildman–Crippen MR) is 81.6 cm³/mol. The molecule has 19 heavy (non-hydrogen) atoms. The Morgan fingerprint density at radius 1 is 1.00 bits per heavy atom. The highest BCUT2D eigenvalue weighted by Crippen LogP contribution is 2.49. The average Bonchev–Trinajstić information content (AvgIpc) is 2.35. The molecule has 0 saturated carbocycles. The number of alkyl halides is 2. The highest BCUT2D eigenvalue weighted by atomic mass is 28.2. The van der Waals surface area contributed by atoms with Gasteiger partial charge in [0.2, 0.25) is 0 Å². The van der Waals surface area contributed by atoms with Gasteiger partial charge in [-0.1, -0.05) is 41.5 Å². The second kappa shape index (κ2) is 8.35. The fourth-order valence-corrected chi connectivity index (χ4v) is 3.73. The van der Waals surface area contributed by atoms with E-state index in [4.69, 9.17) is 4.43 Å². The molecule has 0 N–H and O–H groups in total. The van der Waals surface area contributed by atoms with E-state index in [0.717, 1.165) is 0 Å². The molecule has 0 unspecified atom stereocenters. The third kappa shape index (κ3) is 4.52. The summed E-state index contributed by atoms with van der Waals surface area (Å²) in [5, 5.41) is 0. The maximum Gasteiger partial charge on any atom is 0.258 e. The van der Waals surface area contributed by atoms with Crippen molar-refractivity contribution in [2.24, 2.45) is 11.3 Å². The molecule has 0 aromatic carbocycles. The molecule has 0 rings (SSSR count). The van der Waals surface area contributed by atoms with E-state index in [0.29, 0.717) is 31.2 Å². The topological polar surface area (TPSA) is 9.23 Å². The van der Waals surface area contributed by atoms with Crippen LogP contribution in [0, 0.1) is 11.3 Å². The van der Waals surface area contributed by atoms with Gasteiger partial charge in [-0.2, -0.15) is 0 Å². The monoisotopic (exact) mass is 294 g/mol. The molecule has 0 aromatic rings. The second-order valence-electron chi connectivity index (χ2n) is 6.03. The van der Waals surface area contributed by atoms with Crippen LogP contribution in [0.1, 0.15) is 67.2 Å². The molecule has 0 aliphatic rings. The lowest BCUT2D eigenvalue weighted by atomic mass is 9.70. The lowest BCUT2D eigenvalue weighted by Crippen LogP contribution is -2.49. The van der Waals surface area contributed by atoms with Gasteiger partial charge in [-0.05, 0) is 31.2 Å². The van der Waals surface area contributed by atoms with Gasteiger partial charge >= 0.3 is 0 Å². The van der Waals surface area contributed by atoms with Crippen LogP contribution in [-0.2, 0) is 4.43 Å². The van der Waals surface area contributed by atoms with Gasteiger partial charge in [-0.25, -0.2) is 8.78 Å². The van der Waals surface area contributed by atoms with E-state index in [1.54, 1.807) is 0 Å². The van der Waals surface area contributed by atoms with Crippen molar-refractivity contribution >= 4 is 9.76 Å². The van der Waals surface area contributed by atoms with Crippen LogP contribution in [0.25, 0.3) is 0 Å². The Morgan fingerprint density at radius 2 is 1.47 bits per heavy atom. The first-order chi connectivity index (χ1) is 8.81. The van der Waals surface area contributed by atoms with Crippen molar-refractivity contribution in [3.63, 3.8) is 0 Å². The molecular weight excluding hydrogens is 262 g/mol. The maximum absolute atomic E-state index is 14.9. The molecule has 0 spiro atoms. The van der Waals surface area contributed by atoms with Gasteiger partial charge in [0, 0.05) is 12.5 Å². The molecule has 0 radical (unpaired) electrons. The van der Waals surface area contributed by atoms with Crippen LogP contribution in [0.4, 0.5) is 8.78 Å². The lowest BCUT2D eigenvalue weighted by molar-refractivity contribution is -0.182. The fourth-order valence-electron chi connectivity index (χ4n) is 2.75. The summed E-state index contributed by atoms with van der Waals surface area (Å²) in [6.45, 7) is 11.9. The van der Waals surface area contributed by atoms with E-state index in [9.17, 15) is 8.78 Å². The quantitative estimate of drug-likeness (QED) is 0.526. The fraction of sp³-hybridized carbons (Fsp3) is 1.00. The van der Waals surface area contributed by atoms with Crippen molar-refractivity contribution in [1.29, 1.82) is 0 Å². The molecule has 1 nitrogen and oxygen atoms in total. The van der Waals surface area contributed by atoms with Crippen LogP contribution in [-0.4, -0.2) is 22.3 Å². The molecular formula is C15H32F2OSi. The summed E-state index contributed by atoms with van der Waals surface area (Å²) in [6, 6.07) is 0. The SMILES string of the molecule is CCC(CC)C(F)(F)C(CC)(CC)CO[SiH2]C(C)C. The molecule has 0 heterocycles. The summed E-state index contributed by atoms with van der Waals surface area (Å²) in [7, 11) is -0.681. The Kier molecular flexibility index (Phi) is 8.37. The van der Waals surface area contributed by atoms with E-state index >= 15 is 0 Å². The highest BCUT2D eigenvalue weighted by Gasteiger charge is 2.54. The molecule has 0 saturated heterocycles. The van der Waals surface area contributed by atoms with Crippen molar-refractivity contribution in [2.45, 2.75) is 78.7 Å². The Balaban J connectivity index is 5.02. The minimum Gasteiger partial charge on any atom is -0.423 e. The minimum absolute atomic E-state index is 0.230. The smallest absolute Gasteiger partial charge is 0.258 e. The minimum atomic E-state index is -2.63. The van der Waals surface area contributed by atoms with E-state index in [1.165, 1.54) is 0 Å². The Morgan fingerprint density at radius 3 is 1.79 bits per heavy atom. The third-order valence-corrected chi connectivity index (χ3v) is 5.49. The van der Waals surface area contributed by atoms with Crippen molar-refractivity contribution in [2.75, 3.05) is 6.61 Å². The van der Waals surface area contributed by atoms with Gasteiger partial charge in [0.05, 0.1) is 5.41 Å². The summed E-state index contributed by atoms with van der Waals surface area (Å²) >= 11 is 0. The first kappa shape index (κ1) is 19.0. The molecule has 0 aromatic heterocycles. The van der Waals surface area contributed by atoms with Crippen LogP contribution in [0.15, 0.2) is 0 Å². The number of hydrogen-bond donors (Lipinski definition) is 0. The average molecular weight is 295 g/mol. The molecule has 0 aliphatic heterocycles. The van der Waals surface area contributed by atoms with Gasteiger partial charge in [0.1, 0.15) is 0 Å². The molecule has 0 fully saturated rings. The van der Waals surface area contributed by atoms with Gasteiger partial charge in [-0.3, -0.25) is 0 Å². The lowest BCUT2D eigenvalue weighted by Gasteiger charge is -2.43. The number of rotatable bonds is 10. The summed E-state index contributed by atoms with van der Waals surface area (Å²) in [5.74, 6) is -3.16. The zero-order chi connectivity index (χ0) is 15.1. The molecule has 0 aliphatic carbocycles. The van der Waals surface area contributed by atoms with E-state index in [-0.39, 0.29) is 6.61 Å². The summed E-state index contributed by atoms with van der Waals surface area (Å²) in [6.07, 6.45) is 2.04. The van der Waals surface area contributed by atoms with Crippen LogP contribution in [0.3, 0.4) is 0 Å². The predicted octanol–water partition coefficient (Wildman–Crippen LogP) is 4.79. The molecule has 116 valence electrons. The van der Waals surface area contributed by atoms with Crippen molar-refractivity contribution in [3.05, 3.63) is 0 Å². The van der Waals surface area contributed by atoms with Gasteiger partial charge in [0.15, 0.2) is 9.76 Å². The van der Waals surface area contributed by atoms with Crippen LogP contribution >= 0.6 is 0 Å². The van der Waals surface area contributed by atoms with E-state index < -0.39 is 27.0 Å². The second-order valence-corrected chi connectivity index (χ2v) is 8.41. The van der Waals surface area contributed by atoms with Crippen molar-refractivity contribution in [3.8, 4) is 0 Å². The van der Waals surface area contributed by atoms with Crippen LogP contribution < -0.4 is 0 Å². The zero-order valence-corrected chi connectivity index (χ0v) is 15.0. The van der Waals surface area contributed by atoms with Crippen LogP contribution in [0.2, 0.25) is 5.54 Å². The van der Waals surface area contributed by atoms with E-state index in [1.807, 2.05) is 27.7 Å². The summed E-state index contributed by atoms with van der Waals surface area (Å²) in [5.41, 5.74) is -0.459. The zero-order valence-electron chi connectivity index (χ0n) is 13.6. The first-order valence-corrected chi connectivity index (χ1v) is 9.16. The molecule has 0 bridgehead atoms. The summed E-state index contributed by atoms with van der Waals surface area (Å²) < 4.78 is 35.5. The first-order valence-electron chi connectivity index (χ1n) is 7.76. The largest absolute Gasteiger partial charge is 0.423 e. The Labute approximate surface area is 120 Å². The summed E-state index contributed by atoms with van der Waals surface area (Å²) in [4.78, 5) is 0. The Bertz CT molecular complexity index is 236. The highest BCUT2D eigenvalue weighted by molar-refractivity contribution is 6.29. The molecule has 4 heteroatoms. The number of halogens is 2. The number of hydrogen-bond acceptors (Lipinski definition) is 1.